The minimum atomic E-state index is -1.33. The molecule has 11 heavy (non-hydrogen) atoms. The molecule has 0 aliphatic carbocycles. The van der Waals surface area contributed by atoms with Gasteiger partial charge < -0.3 is 25.8 Å². The first-order valence-electron chi connectivity index (χ1n) is 3.49. The Morgan fingerprint density at radius 3 is 2.27 bits per heavy atom. The molecular formula is C6H13NO4. The molecule has 1 aliphatic heterocycles. The van der Waals surface area contributed by atoms with Gasteiger partial charge in [-0.25, -0.2) is 0 Å². The lowest BCUT2D eigenvalue weighted by atomic mass is 9.98. The van der Waals surface area contributed by atoms with Crippen molar-refractivity contribution < 1.29 is 20.1 Å². The topological polar surface area (TPSA) is 95.9 Å². The van der Waals surface area contributed by atoms with E-state index in [9.17, 15) is 5.11 Å². The Bertz CT molecular complexity index is 129. The smallest absolute Gasteiger partial charge is 0.183 e. The molecule has 1 saturated heterocycles. The van der Waals surface area contributed by atoms with E-state index in [0.717, 1.165) is 0 Å². The number of rotatable bonds is 0. The molecular weight excluding hydrogens is 150 g/mol. The maximum absolute atomic E-state index is 9.17. The van der Waals surface area contributed by atoms with Crippen LogP contribution in [0.2, 0.25) is 0 Å². The Balaban J connectivity index is 2.63. The third-order valence-corrected chi connectivity index (χ3v) is 1.93. The summed E-state index contributed by atoms with van der Waals surface area (Å²) in [5.41, 5.74) is 5.43. The summed E-state index contributed by atoms with van der Waals surface area (Å²) in [5.74, 6) is 0. The SMILES string of the molecule is C[C@@H]1O[C@@H](O)[C@H](O)[C@H](O)[C@@H]1N. The second kappa shape index (κ2) is 3.04. The molecule has 0 radical (unpaired) electrons. The zero-order chi connectivity index (χ0) is 8.59. The van der Waals surface area contributed by atoms with Crippen LogP contribution in [0, 0.1) is 0 Å². The number of hydrogen-bond acceptors (Lipinski definition) is 5. The third kappa shape index (κ3) is 1.52. The van der Waals surface area contributed by atoms with Crippen LogP contribution in [-0.2, 0) is 4.74 Å². The van der Waals surface area contributed by atoms with E-state index in [0.29, 0.717) is 0 Å². The molecule has 5 heteroatoms. The summed E-state index contributed by atoms with van der Waals surface area (Å²) in [5, 5.41) is 27.1. The predicted molar refractivity (Wildman–Crippen MR) is 36.5 cm³/mol. The number of nitrogens with two attached hydrogens (primary N) is 1. The standard InChI is InChI=1S/C6H13NO4/c1-2-3(7)4(8)5(9)6(10)11-2/h2-6,8-10H,7H2,1H3/t2-,3+,4+,5+,6+/m0/s1. The first-order valence-corrected chi connectivity index (χ1v) is 3.49. The molecule has 0 spiro atoms. The fourth-order valence-electron chi connectivity index (χ4n) is 1.07. The van der Waals surface area contributed by atoms with Crippen LogP contribution in [0.5, 0.6) is 0 Å². The van der Waals surface area contributed by atoms with Crippen LogP contribution < -0.4 is 5.73 Å². The predicted octanol–water partition coefficient (Wildman–Crippen LogP) is -2.23. The van der Waals surface area contributed by atoms with Crippen molar-refractivity contribution in [3.63, 3.8) is 0 Å². The molecule has 0 aromatic carbocycles. The highest BCUT2D eigenvalue weighted by Gasteiger charge is 2.39. The highest BCUT2D eigenvalue weighted by Crippen LogP contribution is 2.17. The first-order chi connectivity index (χ1) is 5.04. The Hall–Kier alpha value is -0.200. The molecule has 1 heterocycles. The van der Waals surface area contributed by atoms with Crippen molar-refractivity contribution in [3.8, 4) is 0 Å². The molecule has 0 saturated carbocycles. The van der Waals surface area contributed by atoms with Gasteiger partial charge in [0.2, 0.25) is 0 Å². The highest BCUT2D eigenvalue weighted by molar-refractivity contribution is 4.89. The minimum absolute atomic E-state index is 0.441. The van der Waals surface area contributed by atoms with Gasteiger partial charge >= 0.3 is 0 Å². The molecule has 0 aromatic rings. The molecule has 1 fully saturated rings. The number of hydrogen-bond donors (Lipinski definition) is 4. The molecule has 0 amide bonds. The number of aliphatic hydroxyl groups is 3. The van der Waals surface area contributed by atoms with E-state index in [-0.39, 0.29) is 0 Å². The molecule has 1 rings (SSSR count). The van der Waals surface area contributed by atoms with Crippen LogP contribution in [0.4, 0.5) is 0 Å². The van der Waals surface area contributed by atoms with Crippen molar-refractivity contribution >= 4 is 0 Å². The molecule has 66 valence electrons. The number of aliphatic hydroxyl groups excluding tert-OH is 3. The summed E-state index contributed by atoms with van der Waals surface area (Å²) in [6, 6.07) is -0.645. The summed E-state index contributed by atoms with van der Waals surface area (Å²) < 4.78 is 4.80. The van der Waals surface area contributed by atoms with Crippen molar-refractivity contribution in [2.75, 3.05) is 0 Å². The number of ether oxygens (including phenoxy) is 1. The first kappa shape index (κ1) is 8.89. The van der Waals surface area contributed by atoms with Crippen molar-refractivity contribution in [2.24, 2.45) is 5.73 Å². The maximum atomic E-state index is 9.17. The maximum Gasteiger partial charge on any atom is 0.183 e. The van der Waals surface area contributed by atoms with Gasteiger partial charge in [0.15, 0.2) is 6.29 Å². The van der Waals surface area contributed by atoms with Gasteiger partial charge in [0, 0.05) is 0 Å². The lowest BCUT2D eigenvalue weighted by molar-refractivity contribution is -0.249. The fourth-order valence-corrected chi connectivity index (χ4v) is 1.07. The summed E-state index contributed by atoms with van der Waals surface area (Å²) in [6.45, 7) is 1.63. The third-order valence-electron chi connectivity index (χ3n) is 1.93. The average Bonchev–Trinajstić information content (AvgIpc) is 1.97. The monoisotopic (exact) mass is 163 g/mol. The summed E-state index contributed by atoms with van der Waals surface area (Å²) in [7, 11) is 0. The largest absolute Gasteiger partial charge is 0.388 e. The van der Waals surface area contributed by atoms with E-state index in [1.54, 1.807) is 6.92 Å². The van der Waals surface area contributed by atoms with E-state index >= 15 is 0 Å². The van der Waals surface area contributed by atoms with E-state index in [1.165, 1.54) is 0 Å². The van der Waals surface area contributed by atoms with Gasteiger partial charge in [0.25, 0.3) is 0 Å². The lowest BCUT2D eigenvalue weighted by Crippen LogP contribution is -2.60. The quantitative estimate of drug-likeness (QED) is 0.324. The van der Waals surface area contributed by atoms with Gasteiger partial charge in [-0.1, -0.05) is 0 Å². The average molecular weight is 163 g/mol. The van der Waals surface area contributed by atoms with Gasteiger partial charge in [0.05, 0.1) is 12.1 Å². The van der Waals surface area contributed by atoms with Gasteiger partial charge in [-0.15, -0.1) is 0 Å². The van der Waals surface area contributed by atoms with Gasteiger partial charge in [0.1, 0.15) is 12.2 Å². The van der Waals surface area contributed by atoms with Crippen LogP contribution in [0.3, 0.4) is 0 Å². The van der Waals surface area contributed by atoms with Crippen molar-refractivity contribution in [1.82, 2.24) is 0 Å². The van der Waals surface area contributed by atoms with E-state index in [2.05, 4.69) is 0 Å². The summed E-state index contributed by atoms with van der Waals surface area (Å²) in [6.07, 6.45) is -4.20. The van der Waals surface area contributed by atoms with Crippen LogP contribution >= 0.6 is 0 Å². The van der Waals surface area contributed by atoms with Crippen LogP contribution in [-0.4, -0.2) is 46.0 Å². The van der Waals surface area contributed by atoms with Gasteiger partial charge in [-0.2, -0.15) is 0 Å². The van der Waals surface area contributed by atoms with Crippen LogP contribution in [0.25, 0.3) is 0 Å². The Morgan fingerprint density at radius 2 is 1.73 bits per heavy atom. The van der Waals surface area contributed by atoms with Crippen molar-refractivity contribution in [2.45, 2.75) is 37.6 Å². The second-order valence-electron chi connectivity index (χ2n) is 2.79. The van der Waals surface area contributed by atoms with Crippen LogP contribution in [0.1, 0.15) is 6.92 Å². The van der Waals surface area contributed by atoms with Crippen LogP contribution in [0.15, 0.2) is 0 Å². The minimum Gasteiger partial charge on any atom is -0.388 e. The van der Waals surface area contributed by atoms with Crippen molar-refractivity contribution in [3.05, 3.63) is 0 Å². The van der Waals surface area contributed by atoms with E-state index < -0.39 is 30.6 Å². The Labute approximate surface area is 64.4 Å². The summed E-state index contributed by atoms with van der Waals surface area (Å²) in [4.78, 5) is 0. The zero-order valence-corrected chi connectivity index (χ0v) is 6.21. The molecule has 0 unspecified atom stereocenters. The van der Waals surface area contributed by atoms with E-state index in [4.69, 9.17) is 20.7 Å². The summed E-state index contributed by atoms with van der Waals surface area (Å²) >= 11 is 0. The molecule has 5 atom stereocenters. The lowest BCUT2D eigenvalue weighted by Gasteiger charge is -2.37. The Kier molecular flexibility index (Phi) is 2.46. The van der Waals surface area contributed by atoms with E-state index in [1.807, 2.05) is 0 Å². The fraction of sp³-hybridized carbons (Fsp3) is 1.00. The molecule has 5 nitrogen and oxygen atoms in total. The van der Waals surface area contributed by atoms with Gasteiger partial charge in [-0.3, -0.25) is 0 Å². The molecule has 0 aromatic heterocycles. The Morgan fingerprint density at radius 1 is 1.18 bits per heavy atom. The highest BCUT2D eigenvalue weighted by atomic mass is 16.6. The molecule has 0 bridgehead atoms. The molecule has 5 N–H and O–H groups in total. The molecule has 1 aliphatic rings. The zero-order valence-electron chi connectivity index (χ0n) is 6.21. The second-order valence-corrected chi connectivity index (χ2v) is 2.79. The van der Waals surface area contributed by atoms with Crippen molar-refractivity contribution in [1.29, 1.82) is 0 Å². The normalized spacial score (nSPS) is 52.6. The van der Waals surface area contributed by atoms with Gasteiger partial charge in [-0.05, 0) is 6.92 Å².